The van der Waals surface area contributed by atoms with E-state index < -0.39 is 0 Å². The molecule has 0 radical (unpaired) electrons. The Morgan fingerprint density at radius 2 is 1.74 bits per heavy atom. The van der Waals surface area contributed by atoms with E-state index in [1.165, 1.54) is 7.11 Å². The third kappa shape index (κ3) is 4.60. The highest BCUT2D eigenvalue weighted by Gasteiger charge is 2.36. The zero-order valence-electron chi connectivity index (χ0n) is 12.6. The molecule has 0 saturated carbocycles. The molecule has 0 bridgehead atoms. The Morgan fingerprint density at radius 1 is 1.21 bits per heavy atom. The highest BCUT2D eigenvalue weighted by molar-refractivity contribution is 5.87. The topological polar surface area (TPSA) is 52.6 Å². The van der Waals surface area contributed by atoms with Crippen molar-refractivity contribution in [2.45, 2.75) is 59.2 Å². The molecule has 1 aliphatic heterocycles. The molecule has 19 heavy (non-hydrogen) atoms. The van der Waals surface area contributed by atoms with Gasteiger partial charge in [0.1, 0.15) is 5.78 Å². The number of hydrogen-bond donors (Lipinski definition) is 0. The molecule has 4 nitrogen and oxygen atoms in total. The van der Waals surface area contributed by atoms with Crippen molar-refractivity contribution >= 4 is 11.8 Å². The summed E-state index contributed by atoms with van der Waals surface area (Å²) in [5, 5.41) is 0. The number of carbonyl (C=O) groups is 2. The molecule has 3 unspecified atom stereocenters. The van der Waals surface area contributed by atoms with Crippen LogP contribution in [0.25, 0.3) is 0 Å². The minimum Gasteiger partial charge on any atom is -0.469 e. The number of hydrogen-bond acceptors (Lipinski definition) is 4. The first kappa shape index (κ1) is 16.2. The lowest BCUT2D eigenvalue weighted by atomic mass is 9.75. The van der Waals surface area contributed by atoms with E-state index in [9.17, 15) is 9.59 Å². The molecule has 4 heteroatoms. The smallest absolute Gasteiger partial charge is 0.306 e. The van der Waals surface area contributed by atoms with Crippen LogP contribution in [0.5, 0.6) is 0 Å². The van der Waals surface area contributed by atoms with E-state index in [0.717, 1.165) is 12.8 Å². The van der Waals surface area contributed by atoms with Crippen molar-refractivity contribution in [3.8, 4) is 0 Å². The molecule has 0 aliphatic carbocycles. The van der Waals surface area contributed by atoms with Crippen molar-refractivity contribution in [1.82, 2.24) is 0 Å². The maximum absolute atomic E-state index is 12.4. The predicted octanol–water partition coefficient (Wildman–Crippen LogP) is 2.59. The van der Waals surface area contributed by atoms with Crippen molar-refractivity contribution < 1.29 is 19.1 Å². The van der Waals surface area contributed by atoms with Crippen LogP contribution in [0.2, 0.25) is 0 Å². The van der Waals surface area contributed by atoms with E-state index in [1.807, 2.05) is 27.7 Å². The minimum atomic E-state index is -0.300. The van der Waals surface area contributed by atoms with Gasteiger partial charge in [0.15, 0.2) is 0 Å². The van der Waals surface area contributed by atoms with E-state index in [4.69, 9.17) is 9.47 Å². The second-order valence-corrected chi connectivity index (χ2v) is 5.93. The van der Waals surface area contributed by atoms with E-state index in [-0.39, 0.29) is 48.1 Å². The van der Waals surface area contributed by atoms with Crippen LogP contribution in [0.1, 0.15) is 47.0 Å². The molecule has 1 aliphatic rings. The van der Waals surface area contributed by atoms with Crippen LogP contribution < -0.4 is 0 Å². The fourth-order valence-electron chi connectivity index (χ4n) is 2.98. The number of ether oxygens (including phenoxy) is 2. The van der Waals surface area contributed by atoms with Crippen molar-refractivity contribution in [2.75, 3.05) is 7.11 Å². The zero-order chi connectivity index (χ0) is 14.6. The summed E-state index contributed by atoms with van der Waals surface area (Å²) < 4.78 is 10.4. The molecule has 1 heterocycles. The third-order valence-electron chi connectivity index (χ3n) is 3.85. The fourth-order valence-corrected chi connectivity index (χ4v) is 2.98. The second kappa shape index (κ2) is 7.04. The van der Waals surface area contributed by atoms with Gasteiger partial charge in [0.2, 0.25) is 0 Å². The van der Waals surface area contributed by atoms with Crippen LogP contribution in [0, 0.1) is 17.8 Å². The normalized spacial score (nSPS) is 29.1. The summed E-state index contributed by atoms with van der Waals surface area (Å²) in [6, 6.07) is 0. The Hall–Kier alpha value is -0.900. The summed E-state index contributed by atoms with van der Waals surface area (Å²) >= 11 is 0. The van der Waals surface area contributed by atoms with Crippen LogP contribution >= 0.6 is 0 Å². The molecule has 0 aromatic rings. The highest BCUT2D eigenvalue weighted by Crippen LogP contribution is 2.34. The molecule has 0 N–H and O–H groups in total. The summed E-state index contributed by atoms with van der Waals surface area (Å²) in [6.07, 6.45) is 2.16. The first-order chi connectivity index (χ1) is 8.85. The number of Topliss-reactive ketones (excluding diaryl/α,β-unsaturated/α-hetero) is 1. The summed E-state index contributed by atoms with van der Waals surface area (Å²) in [7, 11) is 1.37. The van der Waals surface area contributed by atoms with E-state index in [0.29, 0.717) is 0 Å². The molecule has 1 saturated heterocycles. The third-order valence-corrected chi connectivity index (χ3v) is 3.85. The first-order valence-electron chi connectivity index (χ1n) is 7.11. The molecule has 110 valence electrons. The minimum absolute atomic E-state index is 0.0527. The van der Waals surface area contributed by atoms with Gasteiger partial charge in [0.05, 0.1) is 25.7 Å². The van der Waals surface area contributed by atoms with Crippen LogP contribution in [0.15, 0.2) is 0 Å². The molecule has 0 spiro atoms. The lowest BCUT2D eigenvalue weighted by Crippen LogP contribution is -2.38. The van der Waals surface area contributed by atoms with Gasteiger partial charge in [-0.1, -0.05) is 13.8 Å². The molecule has 3 atom stereocenters. The monoisotopic (exact) mass is 270 g/mol. The van der Waals surface area contributed by atoms with Crippen LogP contribution in [0.3, 0.4) is 0 Å². The summed E-state index contributed by atoms with van der Waals surface area (Å²) in [6.45, 7) is 7.83. The maximum atomic E-state index is 12.4. The van der Waals surface area contributed by atoms with Gasteiger partial charge < -0.3 is 9.47 Å². The van der Waals surface area contributed by atoms with E-state index in [1.54, 1.807) is 0 Å². The van der Waals surface area contributed by atoms with Crippen molar-refractivity contribution in [3.05, 3.63) is 0 Å². The molecule has 0 aromatic heterocycles. The van der Waals surface area contributed by atoms with Crippen LogP contribution in [-0.2, 0) is 19.1 Å². The van der Waals surface area contributed by atoms with Crippen molar-refractivity contribution in [3.63, 3.8) is 0 Å². The van der Waals surface area contributed by atoms with E-state index >= 15 is 0 Å². The molecule has 0 aromatic carbocycles. The maximum Gasteiger partial charge on any atom is 0.306 e. The Labute approximate surface area is 115 Å². The van der Waals surface area contributed by atoms with Crippen LogP contribution in [-0.4, -0.2) is 31.1 Å². The standard InChI is InChI=1S/C15H26O4/c1-9(2)15(17)13(8-14(16)18-5)12-6-10(3)19-11(4)7-12/h9-13H,6-8H2,1-5H3. The average Bonchev–Trinajstić information content (AvgIpc) is 2.33. The van der Waals surface area contributed by atoms with Crippen LogP contribution in [0.4, 0.5) is 0 Å². The quantitative estimate of drug-likeness (QED) is 0.721. The molecule has 0 amide bonds. The second-order valence-electron chi connectivity index (χ2n) is 5.93. The Morgan fingerprint density at radius 3 is 2.16 bits per heavy atom. The number of methoxy groups -OCH3 is 1. The fraction of sp³-hybridized carbons (Fsp3) is 0.867. The van der Waals surface area contributed by atoms with E-state index in [2.05, 4.69) is 0 Å². The van der Waals surface area contributed by atoms with Crippen molar-refractivity contribution in [1.29, 1.82) is 0 Å². The molecular formula is C15H26O4. The molecule has 1 fully saturated rings. The summed E-state index contributed by atoms with van der Waals surface area (Å²) in [4.78, 5) is 23.9. The predicted molar refractivity (Wildman–Crippen MR) is 72.7 cm³/mol. The Balaban J connectivity index is 2.82. The summed E-state index contributed by atoms with van der Waals surface area (Å²) in [5.74, 6) is -0.209. The molecule has 1 rings (SSSR count). The van der Waals surface area contributed by atoms with Gasteiger partial charge in [-0.3, -0.25) is 9.59 Å². The lowest BCUT2D eigenvalue weighted by molar-refractivity contribution is -0.147. The SMILES string of the molecule is COC(=O)CC(C(=O)C(C)C)C1CC(C)OC(C)C1. The zero-order valence-corrected chi connectivity index (χ0v) is 12.6. The number of ketones is 1. The largest absolute Gasteiger partial charge is 0.469 e. The Kier molecular flexibility index (Phi) is 5.98. The van der Waals surface area contributed by atoms with Gasteiger partial charge >= 0.3 is 5.97 Å². The van der Waals surface area contributed by atoms with Gasteiger partial charge in [-0.2, -0.15) is 0 Å². The van der Waals surface area contributed by atoms with Gasteiger partial charge in [-0.15, -0.1) is 0 Å². The van der Waals surface area contributed by atoms with Crippen molar-refractivity contribution in [2.24, 2.45) is 17.8 Å². The average molecular weight is 270 g/mol. The number of esters is 1. The highest BCUT2D eigenvalue weighted by atomic mass is 16.5. The van der Waals surface area contributed by atoms with Gasteiger partial charge in [-0.25, -0.2) is 0 Å². The van der Waals surface area contributed by atoms with Gasteiger partial charge in [0.25, 0.3) is 0 Å². The Bertz CT molecular complexity index is 314. The number of rotatable bonds is 5. The lowest BCUT2D eigenvalue weighted by Gasteiger charge is -2.36. The molecular weight excluding hydrogens is 244 g/mol. The van der Waals surface area contributed by atoms with Gasteiger partial charge in [0, 0.05) is 11.8 Å². The summed E-state index contributed by atoms with van der Waals surface area (Å²) in [5.41, 5.74) is 0. The first-order valence-corrected chi connectivity index (χ1v) is 7.11. The number of carbonyl (C=O) groups excluding carboxylic acids is 2. The van der Waals surface area contributed by atoms with Gasteiger partial charge in [-0.05, 0) is 32.6 Å².